The van der Waals surface area contributed by atoms with E-state index in [1.165, 1.54) is 0 Å². The SMILES string of the molecule is CC(O)CC(=O)NC(C)CCN. The Morgan fingerprint density at radius 1 is 1.58 bits per heavy atom. The summed E-state index contributed by atoms with van der Waals surface area (Å²) in [7, 11) is 0. The average molecular weight is 174 g/mol. The summed E-state index contributed by atoms with van der Waals surface area (Å²) in [5, 5.41) is 11.6. The molecule has 0 aliphatic rings. The van der Waals surface area contributed by atoms with Gasteiger partial charge in [0.15, 0.2) is 0 Å². The van der Waals surface area contributed by atoms with Crippen LogP contribution in [0, 0.1) is 0 Å². The molecule has 4 N–H and O–H groups in total. The van der Waals surface area contributed by atoms with Crippen molar-refractivity contribution in [3.05, 3.63) is 0 Å². The molecule has 0 radical (unpaired) electrons. The summed E-state index contributed by atoms with van der Waals surface area (Å²) in [5.74, 6) is -0.119. The molecule has 0 heterocycles. The van der Waals surface area contributed by atoms with Gasteiger partial charge in [0, 0.05) is 6.04 Å². The van der Waals surface area contributed by atoms with Crippen molar-refractivity contribution in [3.63, 3.8) is 0 Å². The van der Waals surface area contributed by atoms with Gasteiger partial charge in [0.05, 0.1) is 12.5 Å². The van der Waals surface area contributed by atoms with Crippen molar-refractivity contribution in [2.75, 3.05) is 6.54 Å². The van der Waals surface area contributed by atoms with Gasteiger partial charge in [0.1, 0.15) is 0 Å². The number of rotatable bonds is 5. The van der Waals surface area contributed by atoms with Crippen LogP contribution in [0.25, 0.3) is 0 Å². The van der Waals surface area contributed by atoms with Crippen LogP contribution in [0.15, 0.2) is 0 Å². The third-order valence-corrected chi connectivity index (χ3v) is 1.49. The highest BCUT2D eigenvalue weighted by atomic mass is 16.3. The standard InChI is InChI=1S/C8H18N2O2/c1-6(3-4-9)10-8(12)5-7(2)11/h6-7,11H,3-5,9H2,1-2H3,(H,10,12). The first-order chi connectivity index (χ1) is 5.56. The lowest BCUT2D eigenvalue weighted by molar-refractivity contribution is -0.123. The second-order valence-corrected chi connectivity index (χ2v) is 3.10. The fraction of sp³-hybridized carbons (Fsp3) is 0.875. The lowest BCUT2D eigenvalue weighted by atomic mass is 10.2. The van der Waals surface area contributed by atoms with E-state index in [9.17, 15) is 4.79 Å². The molecule has 0 rings (SSSR count). The molecule has 0 fully saturated rings. The van der Waals surface area contributed by atoms with E-state index in [-0.39, 0.29) is 18.4 Å². The van der Waals surface area contributed by atoms with E-state index in [0.717, 1.165) is 6.42 Å². The predicted octanol–water partition coefficient (Wildman–Crippen LogP) is -0.389. The molecule has 72 valence electrons. The van der Waals surface area contributed by atoms with Crippen molar-refractivity contribution in [2.45, 2.75) is 38.8 Å². The summed E-state index contributed by atoms with van der Waals surface area (Å²) in [6.07, 6.45) is 0.357. The topological polar surface area (TPSA) is 75.3 Å². The summed E-state index contributed by atoms with van der Waals surface area (Å²) < 4.78 is 0. The predicted molar refractivity (Wildman–Crippen MR) is 47.6 cm³/mol. The van der Waals surface area contributed by atoms with Crippen LogP contribution in [-0.2, 0) is 4.79 Å². The molecule has 2 unspecified atom stereocenters. The lowest BCUT2D eigenvalue weighted by Crippen LogP contribution is -2.35. The van der Waals surface area contributed by atoms with Crippen LogP contribution in [-0.4, -0.2) is 29.7 Å². The average Bonchev–Trinajstić information content (AvgIpc) is 1.84. The number of amides is 1. The van der Waals surface area contributed by atoms with Gasteiger partial charge in [-0.2, -0.15) is 0 Å². The second-order valence-electron chi connectivity index (χ2n) is 3.10. The number of carbonyl (C=O) groups excluding carboxylic acids is 1. The first-order valence-corrected chi connectivity index (χ1v) is 4.23. The maximum atomic E-state index is 11.0. The van der Waals surface area contributed by atoms with Crippen molar-refractivity contribution in [1.29, 1.82) is 0 Å². The largest absolute Gasteiger partial charge is 0.393 e. The van der Waals surface area contributed by atoms with Crippen LogP contribution < -0.4 is 11.1 Å². The zero-order valence-electron chi connectivity index (χ0n) is 7.71. The van der Waals surface area contributed by atoms with E-state index in [1.807, 2.05) is 6.92 Å². The van der Waals surface area contributed by atoms with Gasteiger partial charge in [0.25, 0.3) is 0 Å². The summed E-state index contributed by atoms with van der Waals surface area (Å²) in [5.41, 5.74) is 5.31. The molecule has 1 amide bonds. The Morgan fingerprint density at radius 2 is 2.17 bits per heavy atom. The Hall–Kier alpha value is -0.610. The molecular weight excluding hydrogens is 156 g/mol. The van der Waals surface area contributed by atoms with Crippen molar-refractivity contribution in [3.8, 4) is 0 Å². The summed E-state index contributed by atoms with van der Waals surface area (Å²) in [6, 6.07) is 0.0984. The van der Waals surface area contributed by atoms with Crippen LogP contribution in [0.3, 0.4) is 0 Å². The Kier molecular flexibility index (Phi) is 5.66. The van der Waals surface area contributed by atoms with Crippen molar-refractivity contribution >= 4 is 5.91 Å². The highest BCUT2D eigenvalue weighted by Gasteiger charge is 2.08. The molecule has 4 heteroatoms. The monoisotopic (exact) mass is 174 g/mol. The minimum absolute atomic E-state index is 0.0984. The molecule has 0 aromatic heterocycles. The Labute approximate surface area is 73.1 Å². The summed E-state index contributed by atoms with van der Waals surface area (Å²) in [4.78, 5) is 11.0. The van der Waals surface area contributed by atoms with Crippen molar-refractivity contribution < 1.29 is 9.90 Å². The molecule has 2 atom stereocenters. The molecule has 0 saturated heterocycles. The molecule has 0 bridgehead atoms. The molecule has 0 aliphatic carbocycles. The summed E-state index contributed by atoms with van der Waals surface area (Å²) in [6.45, 7) is 4.05. The zero-order valence-corrected chi connectivity index (χ0v) is 7.71. The normalized spacial score (nSPS) is 15.3. The molecule has 0 aromatic carbocycles. The van der Waals surface area contributed by atoms with Crippen LogP contribution in [0.5, 0.6) is 0 Å². The molecular formula is C8H18N2O2. The van der Waals surface area contributed by atoms with Gasteiger partial charge in [-0.3, -0.25) is 4.79 Å². The van der Waals surface area contributed by atoms with Gasteiger partial charge in [-0.05, 0) is 26.8 Å². The first kappa shape index (κ1) is 11.4. The Bertz CT molecular complexity index is 137. The minimum Gasteiger partial charge on any atom is -0.393 e. The van der Waals surface area contributed by atoms with Crippen LogP contribution >= 0.6 is 0 Å². The first-order valence-electron chi connectivity index (χ1n) is 4.23. The maximum absolute atomic E-state index is 11.0. The highest BCUT2D eigenvalue weighted by Crippen LogP contribution is 1.92. The van der Waals surface area contributed by atoms with E-state index in [1.54, 1.807) is 6.92 Å². The van der Waals surface area contributed by atoms with Gasteiger partial charge >= 0.3 is 0 Å². The molecule has 0 aromatic rings. The molecule has 12 heavy (non-hydrogen) atoms. The molecule has 4 nitrogen and oxygen atoms in total. The maximum Gasteiger partial charge on any atom is 0.222 e. The Morgan fingerprint density at radius 3 is 2.58 bits per heavy atom. The number of carbonyl (C=O) groups is 1. The van der Waals surface area contributed by atoms with E-state index in [2.05, 4.69) is 5.32 Å². The van der Waals surface area contributed by atoms with Crippen molar-refractivity contribution in [1.82, 2.24) is 5.32 Å². The number of aliphatic hydroxyl groups excluding tert-OH is 1. The van der Waals surface area contributed by atoms with Gasteiger partial charge < -0.3 is 16.2 Å². The van der Waals surface area contributed by atoms with E-state index in [0.29, 0.717) is 6.54 Å². The van der Waals surface area contributed by atoms with Gasteiger partial charge in [0.2, 0.25) is 5.91 Å². The molecule has 0 aliphatic heterocycles. The number of hydrogen-bond acceptors (Lipinski definition) is 3. The number of hydrogen-bond donors (Lipinski definition) is 3. The number of aliphatic hydroxyl groups is 1. The van der Waals surface area contributed by atoms with Crippen LogP contribution in [0.2, 0.25) is 0 Å². The fourth-order valence-corrected chi connectivity index (χ4v) is 0.924. The quantitative estimate of drug-likeness (QED) is 0.531. The van der Waals surface area contributed by atoms with E-state index < -0.39 is 6.10 Å². The molecule has 0 spiro atoms. The van der Waals surface area contributed by atoms with E-state index >= 15 is 0 Å². The smallest absolute Gasteiger partial charge is 0.222 e. The fourth-order valence-electron chi connectivity index (χ4n) is 0.924. The van der Waals surface area contributed by atoms with Crippen LogP contribution in [0.4, 0.5) is 0 Å². The summed E-state index contributed by atoms with van der Waals surface area (Å²) >= 11 is 0. The third-order valence-electron chi connectivity index (χ3n) is 1.49. The van der Waals surface area contributed by atoms with E-state index in [4.69, 9.17) is 10.8 Å². The second kappa shape index (κ2) is 5.97. The zero-order chi connectivity index (χ0) is 9.56. The van der Waals surface area contributed by atoms with Gasteiger partial charge in [-0.25, -0.2) is 0 Å². The Balaban J connectivity index is 3.54. The van der Waals surface area contributed by atoms with Crippen LogP contribution in [0.1, 0.15) is 26.7 Å². The third kappa shape index (κ3) is 6.12. The number of nitrogens with one attached hydrogen (secondary N) is 1. The lowest BCUT2D eigenvalue weighted by Gasteiger charge is -2.13. The highest BCUT2D eigenvalue weighted by molar-refractivity contribution is 5.76. The van der Waals surface area contributed by atoms with Gasteiger partial charge in [-0.1, -0.05) is 0 Å². The minimum atomic E-state index is -0.574. The van der Waals surface area contributed by atoms with Gasteiger partial charge in [-0.15, -0.1) is 0 Å². The molecule has 0 saturated carbocycles. The number of nitrogens with two attached hydrogens (primary N) is 1. The van der Waals surface area contributed by atoms with Crippen molar-refractivity contribution in [2.24, 2.45) is 5.73 Å².